The zero-order chi connectivity index (χ0) is 20.1. The zero-order valence-electron chi connectivity index (χ0n) is 15.6. The Bertz CT molecular complexity index is 903. The number of fused-ring (bicyclic) bond motifs is 1. The Kier molecular flexibility index (Phi) is 6.58. The second kappa shape index (κ2) is 9.11. The summed E-state index contributed by atoms with van der Waals surface area (Å²) in [7, 11) is 0. The first-order valence-corrected chi connectivity index (χ1v) is 10.7. The monoisotopic (exact) mass is 419 g/mol. The second-order valence-corrected chi connectivity index (χ2v) is 8.53. The van der Waals surface area contributed by atoms with Crippen molar-refractivity contribution in [2.24, 2.45) is 11.0 Å². The predicted octanol–water partition coefficient (Wildman–Crippen LogP) is 3.20. The number of hydrogen-bond donors (Lipinski definition) is 2. The van der Waals surface area contributed by atoms with Crippen LogP contribution in [0, 0.1) is 5.92 Å². The first-order valence-electron chi connectivity index (χ1n) is 8.99. The lowest BCUT2D eigenvalue weighted by molar-refractivity contribution is -0.136. The molecule has 0 unspecified atom stereocenters. The van der Waals surface area contributed by atoms with Gasteiger partial charge in [0.25, 0.3) is 0 Å². The third-order valence-corrected chi connectivity index (χ3v) is 6.30. The molecule has 0 bridgehead atoms. The van der Waals surface area contributed by atoms with Crippen LogP contribution in [0.4, 0.5) is 5.00 Å². The summed E-state index contributed by atoms with van der Waals surface area (Å²) in [5.41, 5.74) is 3.49. The summed E-state index contributed by atoms with van der Waals surface area (Å²) < 4.78 is 5.16. The van der Waals surface area contributed by atoms with Crippen molar-refractivity contribution in [1.29, 1.82) is 0 Å². The number of hydrogen-bond acceptors (Lipinski definition) is 7. The average Bonchev–Trinajstić information content (AvgIpc) is 3.28. The van der Waals surface area contributed by atoms with Crippen molar-refractivity contribution in [3.63, 3.8) is 0 Å². The van der Waals surface area contributed by atoms with Gasteiger partial charge in [-0.1, -0.05) is 13.0 Å². The Morgan fingerprint density at radius 3 is 2.89 bits per heavy atom. The van der Waals surface area contributed by atoms with E-state index in [1.165, 1.54) is 28.9 Å². The number of carbonyl (C=O) groups is 3. The van der Waals surface area contributed by atoms with Gasteiger partial charge in [-0.2, -0.15) is 5.10 Å². The number of rotatable bonds is 5. The van der Waals surface area contributed by atoms with Crippen molar-refractivity contribution >= 4 is 51.7 Å². The standard InChI is InChI=1S/C19H21N3O4S2/c1-3-26-19(25)15-13-7-6-11(2)9-14(13)28-18(15)21-16(23)17(24)22-20-10-12-5-4-8-27-12/h4-5,8,10-11H,3,6-7,9H2,1-2H3,(H,21,23)(H,22,24)/b20-10-/t11-/m1/s1. The van der Waals surface area contributed by atoms with Crippen LogP contribution < -0.4 is 10.7 Å². The maximum Gasteiger partial charge on any atom is 0.341 e. The van der Waals surface area contributed by atoms with Crippen molar-refractivity contribution in [1.82, 2.24) is 5.43 Å². The SMILES string of the molecule is CCOC(=O)c1c(NC(=O)C(=O)N/N=C\c2cccs2)sc2c1CC[C@@H](C)C2. The van der Waals surface area contributed by atoms with Crippen molar-refractivity contribution in [3.05, 3.63) is 38.4 Å². The lowest BCUT2D eigenvalue weighted by Crippen LogP contribution is -2.32. The fraction of sp³-hybridized carbons (Fsp3) is 0.368. The molecule has 28 heavy (non-hydrogen) atoms. The first kappa shape index (κ1) is 20.2. The molecule has 9 heteroatoms. The number of carbonyl (C=O) groups excluding carboxylic acids is 3. The van der Waals surface area contributed by atoms with E-state index >= 15 is 0 Å². The van der Waals surface area contributed by atoms with E-state index in [1.807, 2.05) is 17.5 Å². The largest absolute Gasteiger partial charge is 0.462 e. The minimum Gasteiger partial charge on any atom is -0.462 e. The third-order valence-electron chi connectivity index (χ3n) is 4.33. The van der Waals surface area contributed by atoms with E-state index in [0.717, 1.165) is 34.6 Å². The van der Waals surface area contributed by atoms with Crippen LogP contribution >= 0.6 is 22.7 Å². The number of thiophene rings is 2. The summed E-state index contributed by atoms with van der Waals surface area (Å²) in [5.74, 6) is -1.73. The minimum atomic E-state index is -0.901. The number of nitrogens with zero attached hydrogens (tertiary/aromatic N) is 1. The number of esters is 1. The van der Waals surface area contributed by atoms with E-state index in [-0.39, 0.29) is 6.61 Å². The molecule has 2 N–H and O–H groups in total. The van der Waals surface area contributed by atoms with Gasteiger partial charge in [0.05, 0.1) is 18.4 Å². The lowest BCUT2D eigenvalue weighted by atomic mass is 9.88. The van der Waals surface area contributed by atoms with Crippen LogP contribution in [0.25, 0.3) is 0 Å². The smallest absolute Gasteiger partial charge is 0.341 e. The molecule has 148 valence electrons. The van der Waals surface area contributed by atoms with E-state index in [1.54, 1.807) is 6.92 Å². The fourth-order valence-electron chi connectivity index (χ4n) is 2.99. The Hall–Kier alpha value is -2.52. The van der Waals surface area contributed by atoms with Crippen LogP contribution in [0.1, 0.15) is 45.9 Å². The number of anilines is 1. The average molecular weight is 420 g/mol. The van der Waals surface area contributed by atoms with Crippen LogP contribution in [0.2, 0.25) is 0 Å². The zero-order valence-corrected chi connectivity index (χ0v) is 17.2. The van der Waals surface area contributed by atoms with E-state index in [0.29, 0.717) is 16.5 Å². The van der Waals surface area contributed by atoms with Gasteiger partial charge in [-0.15, -0.1) is 22.7 Å². The second-order valence-electron chi connectivity index (χ2n) is 6.45. The van der Waals surface area contributed by atoms with Gasteiger partial charge in [0.2, 0.25) is 0 Å². The van der Waals surface area contributed by atoms with Crippen LogP contribution in [0.5, 0.6) is 0 Å². The summed E-state index contributed by atoms with van der Waals surface area (Å²) >= 11 is 2.80. The highest BCUT2D eigenvalue weighted by Crippen LogP contribution is 2.40. The molecule has 2 aromatic rings. The van der Waals surface area contributed by atoms with Gasteiger partial charge in [0.1, 0.15) is 5.00 Å². The number of ether oxygens (including phenoxy) is 1. The van der Waals surface area contributed by atoms with Gasteiger partial charge in [-0.05, 0) is 49.1 Å². The van der Waals surface area contributed by atoms with E-state index in [9.17, 15) is 14.4 Å². The molecule has 2 amide bonds. The summed E-state index contributed by atoms with van der Waals surface area (Å²) in [5, 5.41) is 8.58. The predicted molar refractivity (Wildman–Crippen MR) is 110 cm³/mol. The van der Waals surface area contributed by atoms with Crippen molar-refractivity contribution in [3.8, 4) is 0 Å². The molecule has 0 radical (unpaired) electrons. The molecule has 0 spiro atoms. The van der Waals surface area contributed by atoms with Crippen molar-refractivity contribution in [2.45, 2.75) is 33.1 Å². The highest BCUT2D eigenvalue weighted by Gasteiger charge is 2.30. The first-order chi connectivity index (χ1) is 13.5. The maximum absolute atomic E-state index is 12.4. The summed E-state index contributed by atoms with van der Waals surface area (Å²) in [6.07, 6.45) is 4.04. The molecule has 0 fully saturated rings. The van der Waals surface area contributed by atoms with Crippen LogP contribution in [0.15, 0.2) is 22.6 Å². The molecule has 1 aliphatic rings. The Morgan fingerprint density at radius 1 is 1.36 bits per heavy atom. The molecule has 3 rings (SSSR count). The third kappa shape index (κ3) is 4.66. The van der Waals surface area contributed by atoms with Crippen LogP contribution in [-0.4, -0.2) is 30.6 Å². The quantitative estimate of drug-likeness (QED) is 0.337. The molecule has 1 atom stereocenters. The summed E-state index contributed by atoms with van der Waals surface area (Å²) in [4.78, 5) is 38.7. The number of amides is 2. The van der Waals surface area contributed by atoms with Gasteiger partial charge in [-0.3, -0.25) is 9.59 Å². The van der Waals surface area contributed by atoms with Gasteiger partial charge in [0, 0.05) is 9.75 Å². The molecule has 0 aliphatic heterocycles. The lowest BCUT2D eigenvalue weighted by Gasteiger charge is -2.18. The highest BCUT2D eigenvalue weighted by molar-refractivity contribution is 7.17. The van der Waals surface area contributed by atoms with E-state index in [2.05, 4.69) is 22.8 Å². The topological polar surface area (TPSA) is 96.9 Å². The molecular formula is C19H21N3O4S2. The minimum absolute atomic E-state index is 0.241. The van der Waals surface area contributed by atoms with Crippen molar-refractivity contribution < 1.29 is 19.1 Å². The Labute approximate surface area is 170 Å². The molecule has 7 nitrogen and oxygen atoms in total. The summed E-state index contributed by atoms with van der Waals surface area (Å²) in [6, 6.07) is 3.69. The van der Waals surface area contributed by atoms with Crippen LogP contribution in [-0.2, 0) is 27.2 Å². The van der Waals surface area contributed by atoms with Gasteiger partial charge in [0.15, 0.2) is 0 Å². The van der Waals surface area contributed by atoms with Crippen molar-refractivity contribution in [2.75, 3.05) is 11.9 Å². The van der Waals surface area contributed by atoms with E-state index in [4.69, 9.17) is 4.74 Å². The maximum atomic E-state index is 12.4. The number of hydrazone groups is 1. The molecule has 2 heterocycles. The van der Waals surface area contributed by atoms with Crippen LogP contribution in [0.3, 0.4) is 0 Å². The molecule has 1 aliphatic carbocycles. The Morgan fingerprint density at radius 2 is 2.18 bits per heavy atom. The normalized spacial score (nSPS) is 15.9. The molecule has 0 saturated heterocycles. The van der Waals surface area contributed by atoms with E-state index < -0.39 is 17.8 Å². The molecule has 0 aromatic carbocycles. The molecule has 0 saturated carbocycles. The highest BCUT2D eigenvalue weighted by atomic mass is 32.1. The summed E-state index contributed by atoms with van der Waals surface area (Å²) in [6.45, 7) is 4.13. The molecular weight excluding hydrogens is 398 g/mol. The van der Waals surface area contributed by atoms with Gasteiger partial charge in [-0.25, -0.2) is 10.2 Å². The Balaban J connectivity index is 1.74. The fourth-order valence-corrected chi connectivity index (χ4v) is 4.97. The van der Waals surface area contributed by atoms with Gasteiger partial charge < -0.3 is 10.1 Å². The molecule has 2 aromatic heterocycles. The number of nitrogens with one attached hydrogen (secondary N) is 2. The van der Waals surface area contributed by atoms with Gasteiger partial charge >= 0.3 is 17.8 Å².